The fraction of sp³-hybridized carbons (Fsp3) is 0.562. The smallest absolute Gasteiger partial charge is 0.277 e. The van der Waals surface area contributed by atoms with Crippen molar-refractivity contribution in [3.8, 4) is 5.75 Å². The summed E-state index contributed by atoms with van der Waals surface area (Å²) >= 11 is 0. The van der Waals surface area contributed by atoms with Crippen LogP contribution in [0.3, 0.4) is 0 Å². The number of rotatable bonds is 5. The maximum Gasteiger partial charge on any atom is 0.277 e. The first-order valence-corrected chi connectivity index (χ1v) is 7.70. The van der Waals surface area contributed by atoms with E-state index in [1.165, 1.54) is 4.90 Å². The number of piperazine rings is 1. The Morgan fingerprint density at radius 3 is 2.67 bits per heavy atom. The highest BCUT2D eigenvalue weighted by Gasteiger charge is 2.29. The van der Waals surface area contributed by atoms with Crippen molar-refractivity contribution in [1.82, 2.24) is 5.32 Å². The minimum absolute atomic E-state index is 0.0132. The van der Waals surface area contributed by atoms with Crippen LogP contribution in [-0.4, -0.2) is 51.8 Å². The fourth-order valence-corrected chi connectivity index (χ4v) is 2.87. The number of carbonyl (C=O) groups is 1. The van der Waals surface area contributed by atoms with Crippen molar-refractivity contribution >= 4 is 11.6 Å². The van der Waals surface area contributed by atoms with E-state index < -0.39 is 0 Å². The Balaban J connectivity index is 1.99. The van der Waals surface area contributed by atoms with Gasteiger partial charge < -0.3 is 19.9 Å². The first-order valence-electron chi connectivity index (χ1n) is 7.70. The third-order valence-corrected chi connectivity index (χ3v) is 4.16. The standard InChI is InChI=1S/C16H25N3O2/c1-4-21-15-8-6-5-7-14(15)19-11-9-18(10-12-19)13(2)16(20)17-3/h5-8,13H,4,9-12H2,1-3H3,(H,17,20)/p+1/t13-/m0/s1. The number of nitrogens with one attached hydrogen (secondary N) is 2. The molecular formula is C16H26N3O2+. The number of ether oxygens (including phenoxy) is 1. The van der Waals surface area contributed by atoms with Crippen LogP contribution in [0.25, 0.3) is 0 Å². The average Bonchev–Trinajstić information content (AvgIpc) is 2.54. The quantitative estimate of drug-likeness (QED) is 0.798. The Labute approximate surface area is 126 Å². The maximum atomic E-state index is 11.7. The van der Waals surface area contributed by atoms with Gasteiger partial charge in [-0.3, -0.25) is 4.79 Å². The Kier molecular flexibility index (Phi) is 5.44. The molecule has 0 aliphatic carbocycles. The summed E-state index contributed by atoms with van der Waals surface area (Å²) in [4.78, 5) is 15.4. The molecule has 1 aromatic carbocycles. The van der Waals surface area contributed by atoms with Gasteiger partial charge in [0.1, 0.15) is 5.75 Å². The van der Waals surface area contributed by atoms with Crippen LogP contribution in [-0.2, 0) is 4.79 Å². The zero-order valence-corrected chi connectivity index (χ0v) is 13.2. The molecule has 1 aliphatic rings. The largest absolute Gasteiger partial charge is 0.492 e. The van der Waals surface area contributed by atoms with Gasteiger partial charge in [0.05, 0.1) is 38.5 Å². The number of likely N-dealkylation sites (N-methyl/N-ethyl adjacent to an activating group) is 1. The average molecular weight is 292 g/mol. The third-order valence-electron chi connectivity index (χ3n) is 4.16. The van der Waals surface area contributed by atoms with Crippen LogP contribution in [0.15, 0.2) is 24.3 Å². The van der Waals surface area contributed by atoms with Gasteiger partial charge in [0.2, 0.25) is 0 Å². The second kappa shape index (κ2) is 7.31. The van der Waals surface area contributed by atoms with Gasteiger partial charge in [0.25, 0.3) is 5.91 Å². The van der Waals surface area contributed by atoms with Gasteiger partial charge in [-0.2, -0.15) is 0 Å². The molecule has 1 fully saturated rings. The molecule has 0 aromatic heterocycles. The Bertz CT molecular complexity index is 470. The molecule has 1 heterocycles. The van der Waals surface area contributed by atoms with Crippen molar-refractivity contribution in [3.05, 3.63) is 24.3 Å². The molecule has 0 radical (unpaired) electrons. The number of para-hydroxylation sites is 2. The van der Waals surface area contributed by atoms with Crippen LogP contribution in [0.2, 0.25) is 0 Å². The van der Waals surface area contributed by atoms with Gasteiger partial charge in [-0.25, -0.2) is 0 Å². The molecule has 0 saturated carbocycles. The highest BCUT2D eigenvalue weighted by atomic mass is 16.5. The van der Waals surface area contributed by atoms with Crippen molar-refractivity contribution in [3.63, 3.8) is 0 Å². The monoisotopic (exact) mass is 292 g/mol. The number of nitrogens with zero attached hydrogens (tertiary/aromatic N) is 1. The second-order valence-electron chi connectivity index (χ2n) is 5.38. The summed E-state index contributed by atoms with van der Waals surface area (Å²) in [5.41, 5.74) is 1.16. The molecule has 2 N–H and O–H groups in total. The van der Waals surface area contributed by atoms with Gasteiger partial charge in [-0.15, -0.1) is 0 Å². The fourth-order valence-electron chi connectivity index (χ4n) is 2.87. The van der Waals surface area contributed by atoms with Crippen LogP contribution in [0, 0.1) is 0 Å². The number of amides is 1. The number of quaternary nitrogens is 1. The molecule has 0 spiro atoms. The Morgan fingerprint density at radius 2 is 2.05 bits per heavy atom. The molecule has 21 heavy (non-hydrogen) atoms. The predicted molar refractivity (Wildman–Crippen MR) is 84.0 cm³/mol. The first-order chi connectivity index (χ1) is 10.2. The summed E-state index contributed by atoms with van der Waals surface area (Å²) in [5, 5.41) is 2.74. The van der Waals surface area contributed by atoms with Crippen molar-refractivity contribution in [1.29, 1.82) is 0 Å². The van der Waals surface area contributed by atoms with Crippen LogP contribution >= 0.6 is 0 Å². The lowest BCUT2D eigenvalue weighted by Gasteiger charge is -2.36. The first kappa shape index (κ1) is 15.6. The lowest BCUT2D eigenvalue weighted by Crippen LogP contribution is -3.19. The van der Waals surface area contributed by atoms with Gasteiger partial charge in [-0.05, 0) is 26.0 Å². The summed E-state index contributed by atoms with van der Waals surface area (Å²) in [6, 6.07) is 8.19. The number of hydrogen-bond donors (Lipinski definition) is 2. The molecular weight excluding hydrogens is 266 g/mol. The topological polar surface area (TPSA) is 46.0 Å². The van der Waals surface area contributed by atoms with E-state index in [2.05, 4.69) is 16.3 Å². The summed E-state index contributed by atoms with van der Waals surface area (Å²) in [6.07, 6.45) is 0. The van der Waals surface area contributed by atoms with Crippen LogP contribution in [0.1, 0.15) is 13.8 Å². The SMILES string of the molecule is CCOc1ccccc1N1CC[NH+]([C@@H](C)C(=O)NC)CC1. The Morgan fingerprint density at radius 1 is 1.38 bits per heavy atom. The minimum atomic E-state index is 0.0132. The molecule has 0 bridgehead atoms. The van der Waals surface area contributed by atoms with E-state index in [1.54, 1.807) is 7.05 Å². The normalized spacial score (nSPS) is 17.4. The molecule has 0 unspecified atom stereocenters. The summed E-state index contributed by atoms with van der Waals surface area (Å²) in [7, 11) is 1.70. The molecule has 1 amide bonds. The second-order valence-corrected chi connectivity index (χ2v) is 5.38. The van der Waals surface area contributed by atoms with Crippen LogP contribution < -0.4 is 19.9 Å². The van der Waals surface area contributed by atoms with E-state index in [1.807, 2.05) is 32.0 Å². The molecule has 1 saturated heterocycles. The Hall–Kier alpha value is -1.75. The summed E-state index contributed by atoms with van der Waals surface area (Å²) in [6.45, 7) is 8.50. The minimum Gasteiger partial charge on any atom is -0.492 e. The van der Waals surface area contributed by atoms with E-state index >= 15 is 0 Å². The van der Waals surface area contributed by atoms with Crippen LogP contribution in [0.4, 0.5) is 5.69 Å². The predicted octanol–water partition coefficient (Wildman–Crippen LogP) is -0.0753. The molecule has 2 rings (SSSR count). The third kappa shape index (κ3) is 3.67. The summed E-state index contributed by atoms with van der Waals surface area (Å²) < 4.78 is 5.71. The van der Waals surface area contributed by atoms with Crippen molar-refractivity contribution in [2.75, 3.05) is 44.7 Å². The van der Waals surface area contributed by atoms with E-state index in [9.17, 15) is 4.79 Å². The van der Waals surface area contributed by atoms with E-state index in [0.29, 0.717) is 6.61 Å². The molecule has 1 aliphatic heterocycles. The summed E-state index contributed by atoms with van der Waals surface area (Å²) in [5.74, 6) is 1.07. The van der Waals surface area contributed by atoms with E-state index in [-0.39, 0.29) is 11.9 Å². The lowest BCUT2D eigenvalue weighted by molar-refractivity contribution is -0.914. The molecule has 1 atom stereocenters. The van der Waals surface area contributed by atoms with Gasteiger partial charge in [-0.1, -0.05) is 12.1 Å². The number of benzene rings is 1. The van der Waals surface area contributed by atoms with Crippen LogP contribution in [0.5, 0.6) is 5.75 Å². The molecule has 5 nitrogen and oxygen atoms in total. The van der Waals surface area contributed by atoms with Gasteiger partial charge in [0.15, 0.2) is 6.04 Å². The zero-order chi connectivity index (χ0) is 15.2. The van der Waals surface area contributed by atoms with Gasteiger partial charge >= 0.3 is 0 Å². The van der Waals surface area contributed by atoms with Crippen molar-refractivity contribution in [2.24, 2.45) is 0 Å². The molecule has 5 heteroatoms. The van der Waals surface area contributed by atoms with E-state index in [4.69, 9.17) is 4.74 Å². The number of carbonyl (C=O) groups excluding carboxylic acids is 1. The highest BCUT2D eigenvalue weighted by molar-refractivity contribution is 5.79. The van der Waals surface area contributed by atoms with Crippen molar-refractivity contribution < 1.29 is 14.4 Å². The van der Waals surface area contributed by atoms with Crippen molar-refractivity contribution in [2.45, 2.75) is 19.9 Å². The van der Waals surface area contributed by atoms with E-state index in [0.717, 1.165) is 37.6 Å². The number of anilines is 1. The zero-order valence-electron chi connectivity index (χ0n) is 13.2. The molecule has 1 aromatic rings. The molecule has 116 valence electrons. The lowest BCUT2D eigenvalue weighted by atomic mass is 10.2. The maximum absolute atomic E-state index is 11.7. The van der Waals surface area contributed by atoms with Gasteiger partial charge in [0, 0.05) is 7.05 Å². The highest BCUT2D eigenvalue weighted by Crippen LogP contribution is 2.27. The number of hydrogen-bond acceptors (Lipinski definition) is 3.